The van der Waals surface area contributed by atoms with Gasteiger partial charge in [0.05, 0.1) is 6.10 Å². The highest BCUT2D eigenvalue weighted by atomic mass is 32.2. The van der Waals surface area contributed by atoms with Crippen molar-refractivity contribution in [3.8, 4) is 0 Å². The number of aliphatic hydroxyl groups is 1. The van der Waals surface area contributed by atoms with Crippen LogP contribution in [-0.2, 0) is 4.79 Å². The zero-order chi connectivity index (χ0) is 10.3. The maximum atomic E-state index is 10.6. The van der Waals surface area contributed by atoms with E-state index in [0.717, 1.165) is 5.75 Å². The third-order valence-corrected chi connectivity index (χ3v) is 2.69. The molecule has 0 aromatic rings. The lowest BCUT2D eigenvalue weighted by Gasteiger charge is -2.12. The number of carbonyl (C=O) groups excluding carboxylic acids is 1. The normalized spacial score (nSPS) is 14.7. The lowest BCUT2D eigenvalue weighted by Crippen LogP contribution is -2.32. The van der Waals surface area contributed by atoms with Crippen LogP contribution < -0.4 is 5.32 Å². The Morgan fingerprint density at radius 1 is 1.69 bits per heavy atom. The molecule has 0 aliphatic rings. The summed E-state index contributed by atoms with van der Waals surface area (Å²) in [5.74, 6) is 1.43. The largest absolute Gasteiger partial charge is 0.388 e. The van der Waals surface area contributed by atoms with Crippen LogP contribution in [0.4, 0.5) is 0 Å². The number of nitrogens with one attached hydrogen (secondary N) is 1. The molecule has 3 nitrogen and oxygen atoms in total. The van der Waals surface area contributed by atoms with Crippen molar-refractivity contribution in [1.82, 2.24) is 5.32 Å². The van der Waals surface area contributed by atoms with Gasteiger partial charge in [0, 0.05) is 24.5 Å². The fourth-order valence-electron chi connectivity index (χ4n) is 0.822. The fraction of sp³-hybridized carbons (Fsp3) is 0.667. The molecule has 0 rings (SSSR count). The summed E-state index contributed by atoms with van der Waals surface area (Å²) in [7, 11) is 0. The van der Waals surface area contributed by atoms with E-state index in [9.17, 15) is 4.79 Å². The Hall–Kier alpha value is -0.480. The van der Waals surface area contributed by atoms with Crippen LogP contribution in [0.3, 0.4) is 0 Å². The molecule has 0 spiro atoms. The Morgan fingerprint density at radius 3 is 2.77 bits per heavy atom. The van der Waals surface area contributed by atoms with Gasteiger partial charge in [-0.3, -0.25) is 4.79 Å². The van der Waals surface area contributed by atoms with E-state index in [1.165, 1.54) is 13.0 Å². The standard InChI is InChI=1S/C9H17NO2S/c1-4-9(12)6-13-5-7(2)10-8(3)11/h4,7,9,12H,1,5-6H2,2-3H3,(H,10,11)/t7-,9+/m1/s1. The molecule has 0 aromatic heterocycles. The van der Waals surface area contributed by atoms with Crippen LogP contribution in [0, 0.1) is 0 Å². The van der Waals surface area contributed by atoms with E-state index >= 15 is 0 Å². The molecule has 0 aliphatic carbocycles. The van der Waals surface area contributed by atoms with E-state index in [1.807, 2.05) is 6.92 Å². The quantitative estimate of drug-likeness (QED) is 0.628. The molecule has 13 heavy (non-hydrogen) atoms. The zero-order valence-electron chi connectivity index (χ0n) is 8.12. The van der Waals surface area contributed by atoms with Crippen LogP contribution in [0.25, 0.3) is 0 Å². The van der Waals surface area contributed by atoms with E-state index in [0.29, 0.717) is 5.75 Å². The second-order valence-electron chi connectivity index (χ2n) is 2.94. The van der Waals surface area contributed by atoms with Gasteiger partial charge < -0.3 is 10.4 Å². The molecule has 0 bridgehead atoms. The number of hydrogen-bond acceptors (Lipinski definition) is 3. The number of aliphatic hydroxyl groups excluding tert-OH is 1. The van der Waals surface area contributed by atoms with E-state index in [2.05, 4.69) is 11.9 Å². The van der Waals surface area contributed by atoms with Crippen molar-refractivity contribution in [1.29, 1.82) is 0 Å². The number of rotatable bonds is 6. The highest BCUT2D eigenvalue weighted by Gasteiger charge is 2.04. The van der Waals surface area contributed by atoms with Crippen LogP contribution in [0.1, 0.15) is 13.8 Å². The predicted octanol–water partition coefficient (Wildman–Crippen LogP) is 0.791. The van der Waals surface area contributed by atoms with Gasteiger partial charge in [-0.05, 0) is 6.92 Å². The van der Waals surface area contributed by atoms with E-state index in [4.69, 9.17) is 5.11 Å². The average Bonchev–Trinajstić information content (AvgIpc) is 2.02. The zero-order valence-corrected chi connectivity index (χ0v) is 8.93. The molecule has 4 heteroatoms. The number of thioether (sulfide) groups is 1. The van der Waals surface area contributed by atoms with Crippen LogP contribution >= 0.6 is 11.8 Å². The first-order chi connectivity index (χ1) is 6.06. The molecule has 0 heterocycles. The molecule has 2 atom stereocenters. The SMILES string of the molecule is C=C[C@H](O)CSC[C@@H](C)NC(C)=O. The lowest BCUT2D eigenvalue weighted by atomic mass is 10.4. The van der Waals surface area contributed by atoms with Crippen molar-refractivity contribution in [3.05, 3.63) is 12.7 Å². The topological polar surface area (TPSA) is 49.3 Å². The van der Waals surface area contributed by atoms with Crippen molar-refractivity contribution in [2.75, 3.05) is 11.5 Å². The maximum absolute atomic E-state index is 10.6. The summed E-state index contributed by atoms with van der Waals surface area (Å²) in [6.45, 7) is 6.91. The molecular formula is C9H17NO2S. The van der Waals surface area contributed by atoms with Gasteiger partial charge in [-0.1, -0.05) is 6.08 Å². The van der Waals surface area contributed by atoms with Gasteiger partial charge in [-0.15, -0.1) is 6.58 Å². The van der Waals surface area contributed by atoms with E-state index < -0.39 is 6.10 Å². The highest BCUT2D eigenvalue weighted by Crippen LogP contribution is 2.05. The first kappa shape index (κ1) is 12.5. The van der Waals surface area contributed by atoms with Gasteiger partial charge in [-0.2, -0.15) is 11.8 Å². The molecule has 0 saturated carbocycles. The molecule has 0 fully saturated rings. The molecule has 2 N–H and O–H groups in total. The first-order valence-electron chi connectivity index (χ1n) is 4.21. The monoisotopic (exact) mass is 203 g/mol. The van der Waals surface area contributed by atoms with E-state index in [1.54, 1.807) is 11.8 Å². The Labute approximate surface area is 83.6 Å². The van der Waals surface area contributed by atoms with Crippen LogP contribution in [-0.4, -0.2) is 34.7 Å². The lowest BCUT2D eigenvalue weighted by molar-refractivity contribution is -0.119. The Kier molecular flexibility index (Phi) is 6.72. The van der Waals surface area contributed by atoms with E-state index in [-0.39, 0.29) is 11.9 Å². The fourth-order valence-corrected chi connectivity index (χ4v) is 1.77. The summed E-state index contributed by atoms with van der Waals surface area (Å²) < 4.78 is 0. The van der Waals surface area contributed by atoms with Gasteiger partial charge in [-0.25, -0.2) is 0 Å². The summed E-state index contributed by atoms with van der Waals surface area (Å²) >= 11 is 1.60. The number of carbonyl (C=O) groups is 1. The van der Waals surface area contributed by atoms with Crippen LogP contribution in [0.5, 0.6) is 0 Å². The van der Waals surface area contributed by atoms with Crippen molar-refractivity contribution in [3.63, 3.8) is 0 Å². The van der Waals surface area contributed by atoms with Crippen molar-refractivity contribution < 1.29 is 9.90 Å². The van der Waals surface area contributed by atoms with Gasteiger partial charge in [0.1, 0.15) is 0 Å². The highest BCUT2D eigenvalue weighted by molar-refractivity contribution is 7.99. The van der Waals surface area contributed by atoms with Crippen LogP contribution in [0.15, 0.2) is 12.7 Å². The summed E-state index contributed by atoms with van der Waals surface area (Å²) in [6.07, 6.45) is 1.06. The van der Waals surface area contributed by atoms with Crippen LogP contribution in [0.2, 0.25) is 0 Å². The molecule has 1 amide bonds. The maximum Gasteiger partial charge on any atom is 0.217 e. The van der Waals surface area contributed by atoms with Crippen molar-refractivity contribution >= 4 is 17.7 Å². The minimum atomic E-state index is -0.450. The second kappa shape index (κ2) is 6.97. The Morgan fingerprint density at radius 2 is 2.31 bits per heavy atom. The predicted molar refractivity (Wildman–Crippen MR) is 56.8 cm³/mol. The van der Waals surface area contributed by atoms with Gasteiger partial charge in [0.15, 0.2) is 0 Å². The van der Waals surface area contributed by atoms with Gasteiger partial charge in [0.25, 0.3) is 0 Å². The first-order valence-corrected chi connectivity index (χ1v) is 5.37. The Balaban J connectivity index is 3.41. The summed E-state index contributed by atoms with van der Waals surface area (Å²) in [5.41, 5.74) is 0. The second-order valence-corrected chi connectivity index (χ2v) is 4.02. The summed E-state index contributed by atoms with van der Waals surface area (Å²) in [4.78, 5) is 10.6. The summed E-state index contributed by atoms with van der Waals surface area (Å²) in [5, 5.41) is 11.9. The molecule has 0 radical (unpaired) electrons. The molecule has 0 aromatic carbocycles. The third-order valence-electron chi connectivity index (χ3n) is 1.38. The van der Waals surface area contributed by atoms with Gasteiger partial charge in [0.2, 0.25) is 5.91 Å². The summed E-state index contributed by atoms with van der Waals surface area (Å²) in [6, 6.07) is 0.152. The molecule has 0 unspecified atom stereocenters. The van der Waals surface area contributed by atoms with Gasteiger partial charge >= 0.3 is 0 Å². The van der Waals surface area contributed by atoms with Crippen molar-refractivity contribution in [2.24, 2.45) is 0 Å². The molecule has 76 valence electrons. The third kappa shape index (κ3) is 7.87. The smallest absolute Gasteiger partial charge is 0.217 e. The Bertz CT molecular complexity index is 173. The minimum Gasteiger partial charge on any atom is -0.388 e. The number of amides is 1. The molecule has 0 saturated heterocycles. The number of hydrogen-bond donors (Lipinski definition) is 2. The minimum absolute atomic E-state index is 0.0163. The van der Waals surface area contributed by atoms with Crippen molar-refractivity contribution in [2.45, 2.75) is 26.0 Å². The molecular weight excluding hydrogens is 186 g/mol. The molecule has 0 aliphatic heterocycles. The average molecular weight is 203 g/mol.